The largest absolute Gasteiger partial charge is 0.476 e. The summed E-state index contributed by atoms with van der Waals surface area (Å²) in [5, 5.41) is 0.665. The summed E-state index contributed by atoms with van der Waals surface area (Å²) in [5.74, 6) is 0.625. The first-order valence-corrected chi connectivity index (χ1v) is 9.66. The van der Waals surface area contributed by atoms with E-state index in [9.17, 15) is 4.79 Å². The molecular weight excluding hydrogens is 388 g/mol. The summed E-state index contributed by atoms with van der Waals surface area (Å²) in [6.45, 7) is 5.44. The van der Waals surface area contributed by atoms with Gasteiger partial charge in [-0.1, -0.05) is 35.9 Å². The second-order valence-corrected chi connectivity index (χ2v) is 7.46. The monoisotopic (exact) mass is 410 g/mol. The zero-order valence-electron chi connectivity index (χ0n) is 16.6. The molecule has 150 valence electrons. The SMILES string of the molecule is CCOC(=O)C(C)(C)Oc1ccc(-c2cnc(N)c(-c3ccc(Cl)cc3)c2)cc1. The minimum absolute atomic E-state index is 0.310. The number of nitrogens with two attached hydrogens (primary N) is 1. The number of nitrogen functional groups attached to an aromatic ring is 1. The second-order valence-electron chi connectivity index (χ2n) is 7.02. The Kier molecular flexibility index (Phi) is 6.09. The van der Waals surface area contributed by atoms with Crippen LogP contribution in [0.25, 0.3) is 22.3 Å². The molecule has 1 aromatic heterocycles. The lowest BCUT2D eigenvalue weighted by molar-refractivity contribution is -0.158. The van der Waals surface area contributed by atoms with E-state index in [0.29, 0.717) is 23.2 Å². The average Bonchev–Trinajstić information content (AvgIpc) is 2.70. The summed E-state index contributed by atoms with van der Waals surface area (Å²) in [4.78, 5) is 16.3. The second kappa shape index (κ2) is 8.53. The van der Waals surface area contributed by atoms with Crippen LogP contribution in [0.3, 0.4) is 0 Å². The van der Waals surface area contributed by atoms with Gasteiger partial charge in [0.25, 0.3) is 0 Å². The van der Waals surface area contributed by atoms with Crippen molar-refractivity contribution in [3.63, 3.8) is 0 Å². The molecule has 6 heteroatoms. The number of ether oxygens (including phenoxy) is 2. The van der Waals surface area contributed by atoms with Crippen molar-refractivity contribution in [1.29, 1.82) is 0 Å². The van der Waals surface area contributed by atoms with Crippen LogP contribution in [0.4, 0.5) is 5.82 Å². The van der Waals surface area contributed by atoms with Gasteiger partial charge in [-0.05, 0) is 62.2 Å². The molecule has 1 heterocycles. The highest BCUT2D eigenvalue weighted by molar-refractivity contribution is 6.30. The van der Waals surface area contributed by atoms with E-state index < -0.39 is 11.6 Å². The molecule has 29 heavy (non-hydrogen) atoms. The van der Waals surface area contributed by atoms with Crippen molar-refractivity contribution in [2.75, 3.05) is 12.3 Å². The third-order valence-corrected chi connectivity index (χ3v) is 4.65. The molecule has 3 aromatic rings. The smallest absolute Gasteiger partial charge is 0.349 e. The summed E-state index contributed by atoms with van der Waals surface area (Å²) < 4.78 is 10.9. The van der Waals surface area contributed by atoms with Crippen LogP contribution >= 0.6 is 11.6 Å². The van der Waals surface area contributed by atoms with Crippen LogP contribution in [0.1, 0.15) is 20.8 Å². The van der Waals surface area contributed by atoms with Gasteiger partial charge in [0.05, 0.1) is 6.61 Å². The molecule has 0 aliphatic rings. The van der Waals surface area contributed by atoms with Gasteiger partial charge in [0.1, 0.15) is 11.6 Å². The lowest BCUT2D eigenvalue weighted by Crippen LogP contribution is -2.39. The van der Waals surface area contributed by atoms with Gasteiger partial charge >= 0.3 is 5.97 Å². The van der Waals surface area contributed by atoms with Gasteiger partial charge in [0.2, 0.25) is 0 Å². The van der Waals surface area contributed by atoms with E-state index in [1.165, 1.54) is 0 Å². The summed E-state index contributed by atoms with van der Waals surface area (Å²) in [6, 6.07) is 16.9. The van der Waals surface area contributed by atoms with Crippen LogP contribution in [-0.2, 0) is 9.53 Å². The predicted molar refractivity (Wildman–Crippen MR) is 116 cm³/mol. The first kappa shape index (κ1) is 20.7. The number of carbonyl (C=O) groups is 1. The molecule has 0 fully saturated rings. The Morgan fingerprint density at radius 3 is 2.28 bits per heavy atom. The number of carbonyl (C=O) groups excluding carboxylic acids is 1. The third-order valence-electron chi connectivity index (χ3n) is 4.40. The average molecular weight is 411 g/mol. The minimum atomic E-state index is -1.07. The molecular formula is C23H23ClN2O3. The molecule has 0 unspecified atom stereocenters. The van der Waals surface area contributed by atoms with Gasteiger partial charge in [-0.2, -0.15) is 0 Å². The molecule has 0 atom stereocenters. The van der Waals surface area contributed by atoms with Crippen molar-refractivity contribution < 1.29 is 14.3 Å². The number of aromatic nitrogens is 1. The first-order chi connectivity index (χ1) is 13.8. The maximum atomic E-state index is 12.0. The van der Waals surface area contributed by atoms with Gasteiger partial charge in [-0.15, -0.1) is 0 Å². The topological polar surface area (TPSA) is 74.4 Å². The van der Waals surface area contributed by atoms with Gasteiger partial charge in [-0.25, -0.2) is 9.78 Å². The number of halogens is 1. The molecule has 0 aliphatic heterocycles. The number of hydrogen-bond donors (Lipinski definition) is 1. The Balaban J connectivity index is 1.84. The normalized spacial score (nSPS) is 11.2. The molecule has 0 amide bonds. The number of pyridine rings is 1. The molecule has 0 spiro atoms. The molecule has 5 nitrogen and oxygen atoms in total. The van der Waals surface area contributed by atoms with E-state index in [-0.39, 0.29) is 0 Å². The van der Waals surface area contributed by atoms with Crippen molar-refractivity contribution in [2.45, 2.75) is 26.4 Å². The van der Waals surface area contributed by atoms with Gasteiger partial charge in [-0.3, -0.25) is 0 Å². The fourth-order valence-electron chi connectivity index (χ4n) is 2.85. The zero-order chi connectivity index (χ0) is 21.0. The van der Waals surface area contributed by atoms with E-state index in [1.54, 1.807) is 27.0 Å². The van der Waals surface area contributed by atoms with E-state index in [4.69, 9.17) is 26.8 Å². The molecule has 0 saturated carbocycles. The van der Waals surface area contributed by atoms with Gasteiger partial charge < -0.3 is 15.2 Å². The maximum Gasteiger partial charge on any atom is 0.349 e. The van der Waals surface area contributed by atoms with Crippen molar-refractivity contribution in [1.82, 2.24) is 4.98 Å². The first-order valence-electron chi connectivity index (χ1n) is 9.28. The Morgan fingerprint density at radius 2 is 1.66 bits per heavy atom. The minimum Gasteiger partial charge on any atom is -0.476 e. The van der Waals surface area contributed by atoms with Crippen LogP contribution in [0.2, 0.25) is 5.02 Å². The summed E-state index contributed by atoms with van der Waals surface area (Å²) in [5.41, 5.74) is 8.66. The quantitative estimate of drug-likeness (QED) is 0.553. The van der Waals surface area contributed by atoms with Crippen molar-refractivity contribution in [2.24, 2.45) is 0 Å². The van der Waals surface area contributed by atoms with E-state index >= 15 is 0 Å². The highest BCUT2D eigenvalue weighted by Gasteiger charge is 2.31. The number of benzene rings is 2. The van der Waals surface area contributed by atoms with Crippen molar-refractivity contribution in [3.8, 4) is 28.0 Å². The Bertz CT molecular complexity index is 1000. The lowest BCUT2D eigenvalue weighted by atomic mass is 10.0. The Hall–Kier alpha value is -3.05. The highest BCUT2D eigenvalue weighted by atomic mass is 35.5. The van der Waals surface area contributed by atoms with E-state index in [0.717, 1.165) is 22.3 Å². The van der Waals surface area contributed by atoms with Crippen LogP contribution in [0, 0.1) is 0 Å². The molecule has 0 aliphatic carbocycles. The standard InChI is InChI=1S/C23H23ClN2O3/c1-4-28-22(27)23(2,3)29-19-11-7-15(8-12-19)17-13-20(21(25)26-14-17)16-5-9-18(24)10-6-16/h5-14H,4H2,1-3H3,(H2,25,26). The summed E-state index contributed by atoms with van der Waals surface area (Å²) in [6.07, 6.45) is 1.73. The predicted octanol–water partition coefficient (Wildman–Crippen LogP) is 5.37. The fourth-order valence-corrected chi connectivity index (χ4v) is 2.98. The number of anilines is 1. The summed E-state index contributed by atoms with van der Waals surface area (Å²) in [7, 11) is 0. The maximum absolute atomic E-state index is 12.0. The van der Waals surface area contributed by atoms with Crippen LogP contribution in [-0.4, -0.2) is 23.2 Å². The van der Waals surface area contributed by atoms with Gasteiger partial charge in [0, 0.05) is 22.3 Å². The number of nitrogens with zero attached hydrogens (tertiary/aromatic N) is 1. The lowest BCUT2D eigenvalue weighted by Gasteiger charge is -2.24. The van der Waals surface area contributed by atoms with E-state index in [1.807, 2.05) is 54.6 Å². The van der Waals surface area contributed by atoms with Crippen LogP contribution in [0.5, 0.6) is 5.75 Å². The van der Waals surface area contributed by atoms with Crippen molar-refractivity contribution in [3.05, 3.63) is 65.8 Å². The number of esters is 1. The Labute approximate surface area is 175 Å². The zero-order valence-corrected chi connectivity index (χ0v) is 17.4. The molecule has 0 bridgehead atoms. The highest BCUT2D eigenvalue weighted by Crippen LogP contribution is 2.31. The molecule has 2 N–H and O–H groups in total. The molecule has 0 radical (unpaired) electrons. The molecule has 2 aromatic carbocycles. The molecule has 0 saturated heterocycles. The van der Waals surface area contributed by atoms with Crippen LogP contribution < -0.4 is 10.5 Å². The van der Waals surface area contributed by atoms with E-state index in [2.05, 4.69) is 4.98 Å². The van der Waals surface area contributed by atoms with Crippen molar-refractivity contribution >= 4 is 23.4 Å². The fraction of sp³-hybridized carbons (Fsp3) is 0.217. The number of rotatable bonds is 6. The Morgan fingerprint density at radius 1 is 1.03 bits per heavy atom. The van der Waals surface area contributed by atoms with Crippen LogP contribution in [0.15, 0.2) is 60.8 Å². The summed E-state index contributed by atoms with van der Waals surface area (Å²) >= 11 is 5.98. The number of hydrogen-bond acceptors (Lipinski definition) is 5. The third kappa shape index (κ3) is 4.87. The molecule has 3 rings (SSSR count). The van der Waals surface area contributed by atoms with Gasteiger partial charge in [0.15, 0.2) is 5.60 Å².